The number of para-hydroxylation sites is 2. The molecule has 0 saturated carbocycles. The lowest BCUT2D eigenvalue weighted by Gasteiger charge is -2.18. The molecule has 0 spiro atoms. The summed E-state index contributed by atoms with van der Waals surface area (Å²) in [6, 6.07) is 6.88. The van der Waals surface area contributed by atoms with Crippen LogP contribution in [0.5, 0.6) is 0 Å². The van der Waals surface area contributed by atoms with E-state index in [1.54, 1.807) is 24.3 Å². The summed E-state index contributed by atoms with van der Waals surface area (Å²) in [6.45, 7) is 13.4. The number of nitrogens with zero attached hydrogens (tertiary/aromatic N) is 4. The molecule has 0 fully saturated rings. The number of Topliss-reactive ketones (excluding diaryl/α,β-unsaturated/α-hetero) is 1. The van der Waals surface area contributed by atoms with Crippen molar-refractivity contribution in [3.63, 3.8) is 0 Å². The van der Waals surface area contributed by atoms with Gasteiger partial charge in [-0.3, -0.25) is 14.7 Å². The van der Waals surface area contributed by atoms with Gasteiger partial charge in [0.15, 0.2) is 11.4 Å². The SMILES string of the molecule is [C-]#[N+]/C(=N/Nc1n[nH]c(C(C)(C)C)c1COC=O)C(=O)c1nc2ccccc2o1. The van der Waals surface area contributed by atoms with Crippen molar-refractivity contribution in [2.24, 2.45) is 5.10 Å². The predicted octanol–water partition coefficient (Wildman–Crippen LogP) is 3.05. The second kappa shape index (κ2) is 7.93. The average molecular weight is 394 g/mol. The smallest absolute Gasteiger partial charge is 0.346 e. The Bertz CT molecular complexity index is 1100. The van der Waals surface area contributed by atoms with Gasteiger partial charge < -0.3 is 14.0 Å². The molecule has 2 heterocycles. The fourth-order valence-corrected chi connectivity index (χ4v) is 2.63. The van der Waals surface area contributed by atoms with Crippen molar-refractivity contribution in [1.82, 2.24) is 15.2 Å². The van der Waals surface area contributed by atoms with Crippen LogP contribution in [-0.4, -0.2) is 33.3 Å². The van der Waals surface area contributed by atoms with Gasteiger partial charge in [-0.15, -0.1) is 0 Å². The van der Waals surface area contributed by atoms with Crippen LogP contribution in [0, 0.1) is 6.57 Å². The molecule has 29 heavy (non-hydrogen) atoms. The van der Waals surface area contributed by atoms with Crippen molar-refractivity contribution in [2.75, 3.05) is 5.43 Å². The number of carbonyl (C=O) groups is 2. The number of H-pyrrole nitrogens is 1. The van der Waals surface area contributed by atoms with Crippen LogP contribution in [0.4, 0.5) is 5.82 Å². The van der Waals surface area contributed by atoms with Crippen LogP contribution in [0.25, 0.3) is 15.9 Å². The molecule has 0 saturated heterocycles. The van der Waals surface area contributed by atoms with Crippen LogP contribution in [0.1, 0.15) is 42.7 Å². The van der Waals surface area contributed by atoms with Crippen LogP contribution in [-0.2, 0) is 21.6 Å². The molecule has 0 aliphatic carbocycles. The fourth-order valence-electron chi connectivity index (χ4n) is 2.63. The lowest BCUT2D eigenvalue weighted by molar-refractivity contribution is -0.129. The predicted molar refractivity (Wildman–Crippen MR) is 104 cm³/mol. The van der Waals surface area contributed by atoms with Crippen molar-refractivity contribution in [2.45, 2.75) is 32.8 Å². The molecule has 0 aliphatic rings. The molecular weight excluding hydrogens is 376 g/mol. The number of amidine groups is 1. The minimum atomic E-state index is -0.763. The molecule has 10 nitrogen and oxygen atoms in total. The molecule has 0 amide bonds. The van der Waals surface area contributed by atoms with Crippen LogP contribution in [0.3, 0.4) is 0 Å². The molecule has 148 valence electrons. The number of anilines is 1. The van der Waals surface area contributed by atoms with Gasteiger partial charge in [-0.2, -0.15) is 10.5 Å². The van der Waals surface area contributed by atoms with Gasteiger partial charge in [-0.05, 0) is 17.2 Å². The molecule has 2 N–H and O–H groups in total. The maximum Gasteiger partial charge on any atom is 0.346 e. The summed E-state index contributed by atoms with van der Waals surface area (Å²) in [4.78, 5) is 30.4. The topological polar surface area (TPSA) is 127 Å². The highest BCUT2D eigenvalue weighted by Gasteiger charge is 2.26. The number of hydrogen-bond donors (Lipinski definition) is 2. The van der Waals surface area contributed by atoms with E-state index in [4.69, 9.17) is 15.7 Å². The Hall–Kier alpha value is -4.00. The summed E-state index contributed by atoms with van der Waals surface area (Å²) in [5, 5.41) is 10.8. The van der Waals surface area contributed by atoms with Crippen molar-refractivity contribution >= 4 is 35.0 Å². The first-order chi connectivity index (χ1) is 13.8. The minimum Gasteiger partial charge on any atom is -0.463 e. The highest BCUT2D eigenvalue weighted by Crippen LogP contribution is 2.29. The first-order valence-electron chi connectivity index (χ1n) is 8.59. The Kier molecular flexibility index (Phi) is 5.40. The van der Waals surface area contributed by atoms with Gasteiger partial charge in [0, 0.05) is 11.1 Å². The fraction of sp³-hybridized carbons (Fsp3) is 0.263. The summed E-state index contributed by atoms with van der Waals surface area (Å²) < 4.78 is 10.3. The van der Waals surface area contributed by atoms with Gasteiger partial charge in [0.25, 0.3) is 18.1 Å². The van der Waals surface area contributed by atoms with Crippen molar-refractivity contribution in [1.29, 1.82) is 0 Å². The monoisotopic (exact) mass is 394 g/mol. The zero-order valence-electron chi connectivity index (χ0n) is 16.0. The zero-order valence-corrected chi connectivity index (χ0v) is 16.0. The largest absolute Gasteiger partial charge is 0.463 e. The van der Waals surface area contributed by atoms with Crippen molar-refractivity contribution in [3.8, 4) is 0 Å². The summed E-state index contributed by atoms with van der Waals surface area (Å²) in [7, 11) is 0. The lowest BCUT2D eigenvalue weighted by atomic mass is 9.89. The van der Waals surface area contributed by atoms with Gasteiger partial charge in [-0.25, -0.2) is 4.98 Å². The molecule has 3 aromatic rings. The molecule has 0 atom stereocenters. The first kappa shape index (κ1) is 19.8. The van der Waals surface area contributed by atoms with Gasteiger partial charge in [0.1, 0.15) is 12.1 Å². The summed E-state index contributed by atoms with van der Waals surface area (Å²) in [6.07, 6.45) is 0. The van der Waals surface area contributed by atoms with Crippen molar-refractivity contribution < 1.29 is 18.7 Å². The summed E-state index contributed by atoms with van der Waals surface area (Å²) >= 11 is 0. The number of carbonyl (C=O) groups excluding carboxylic acids is 2. The maximum atomic E-state index is 12.5. The van der Waals surface area contributed by atoms with Gasteiger partial charge >= 0.3 is 5.84 Å². The Morgan fingerprint density at radius 1 is 1.41 bits per heavy atom. The Labute approximate surface area is 165 Å². The molecule has 0 unspecified atom stereocenters. The number of nitrogens with one attached hydrogen (secondary N) is 2. The van der Waals surface area contributed by atoms with Gasteiger partial charge in [0.05, 0.1) is 5.56 Å². The normalized spacial score (nSPS) is 11.9. The lowest BCUT2D eigenvalue weighted by Crippen LogP contribution is -2.15. The van der Waals surface area contributed by atoms with Gasteiger partial charge in [0.2, 0.25) is 0 Å². The second-order valence-electron chi connectivity index (χ2n) is 7.06. The molecule has 1 aromatic carbocycles. The average Bonchev–Trinajstić information content (AvgIpc) is 3.30. The Morgan fingerprint density at radius 2 is 2.17 bits per heavy atom. The Morgan fingerprint density at radius 3 is 2.83 bits per heavy atom. The van der Waals surface area contributed by atoms with Crippen molar-refractivity contribution in [3.05, 3.63) is 52.8 Å². The molecular formula is C19H18N6O4. The molecule has 0 bridgehead atoms. The Balaban J connectivity index is 1.88. The van der Waals surface area contributed by atoms with E-state index in [1.807, 2.05) is 20.8 Å². The zero-order chi connectivity index (χ0) is 21.0. The van der Waals surface area contributed by atoms with Crippen LogP contribution < -0.4 is 5.43 Å². The third-order valence-corrected chi connectivity index (χ3v) is 3.98. The number of hydrogen-bond acceptors (Lipinski definition) is 8. The number of aromatic nitrogens is 3. The standard InChI is InChI=1S/C19H18N6O4/c1-19(2,3)15-11(9-28-10-26)16(23-22-15)24-25-17(20-4)14(27)18-21-12-7-5-6-8-13(12)29-18/h5-8,10H,9H2,1-3H3,(H2,22,23,24)/b25-17+. The van der Waals surface area contributed by atoms with E-state index in [9.17, 15) is 9.59 Å². The molecule has 3 rings (SSSR count). The second-order valence-corrected chi connectivity index (χ2v) is 7.06. The molecule has 10 heteroatoms. The highest BCUT2D eigenvalue weighted by molar-refractivity contribution is 6.47. The highest BCUT2D eigenvalue weighted by atomic mass is 16.5. The minimum absolute atomic E-state index is 0.0448. The first-order valence-corrected chi connectivity index (χ1v) is 8.59. The summed E-state index contributed by atoms with van der Waals surface area (Å²) in [5.74, 6) is -1.23. The van der Waals surface area contributed by atoms with Crippen LogP contribution >= 0.6 is 0 Å². The molecule has 2 aromatic heterocycles. The van der Waals surface area contributed by atoms with E-state index in [-0.39, 0.29) is 23.7 Å². The number of aromatic amines is 1. The number of oxazole rings is 1. The number of ketones is 1. The number of rotatable bonds is 7. The molecule has 0 radical (unpaired) electrons. The summed E-state index contributed by atoms with van der Waals surface area (Å²) in [5.41, 5.74) is 4.51. The van der Waals surface area contributed by atoms with E-state index >= 15 is 0 Å². The number of ether oxygens (including phenoxy) is 1. The molecule has 0 aliphatic heterocycles. The van der Waals surface area contributed by atoms with E-state index in [0.29, 0.717) is 23.1 Å². The number of benzene rings is 1. The van der Waals surface area contributed by atoms with E-state index in [1.165, 1.54) is 0 Å². The third-order valence-electron chi connectivity index (χ3n) is 3.98. The van der Waals surface area contributed by atoms with Gasteiger partial charge in [-0.1, -0.05) is 39.5 Å². The van der Waals surface area contributed by atoms with Crippen LogP contribution in [0.2, 0.25) is 0 Å². The number of fused-ring (bicyclic) bond motifs is 1. The van der Waals surface area contributed by atoms with E-state index < -0.39 is 11.6 Å². The quantitative estimate of drug-likeness (QED) is 0.157. The number of hydrazone groups is 1. The van der Waals surface area contributed by atoms with E-state index in [0.717, 1.165) is 5.69 Å². The van der Waals surface area contributed by atoms with E-state index in [2.05, 4.69) is 30.6 Å². The third kappa shape index (κ3) is 4.14. The maximum absolute atomic E-state index is 12.5. The van der Waals surface area contributed by atoms with Crippen LogP contribution in [0.15, 0.2) is 33.8 Å².